The number of nitrogens with zero attached hydrogens (tertiary/aromatic N) is 1. The molecule has 0 aliphatic heterocycles. The summed E-state index contributed by atoms with van der Waals surface area (Å²) in [5.41, 5.74) is 6.69. The standard InChI is InChI=1S/C36H30BNO5/c1-42-36(39)32-22-26(17-19-33(32)37(40)41)38(27-18-20-35-31(21-27)30-10-4-5-12-34(30)43-35)25-15-13-24(14-16-25)29-11-6-8-23-7-2-3-9-28(23)29/h2-17,19,21,26,40-41H,18,20,22H2,1H3. The summed E-state index contributed by atoms with van der Waals surface area (Å²) in [5, 5.41) is 23.4. The Morgan fingerprint density at radius 2 is 1.65 bits per heavy atom. The van der Waals surface area contributed by atoms with Crippen molar-refractivity contribution in [1.29, 1.82) is 0 Å². The fraction of sp³-hybridized carbons (Fsp3) is 0.139. The Morgan fingerprint density at radius 3 is 2.44 bits per heavy atom. The summed E-state index contributed by atoms with van der Waals surface area (Å²) in [6, 6.07) is 31.0. The van der Waals surface area contributed by atoms with Crippen molar-refractivity contribution in [2.75, 3.05) is 12.0 Å². The van der Waals surface area contributed by atoms with Crippen LogP contribution in [0.25, 0.3) is 38.9 Å². The van der Waals surface area contributed by atoms with E-state index < -0.39 is 13.1 Å². The Labute approximate surface area is 250 Å². The van der Waals surface area contributed by atoms with Crippen LogP contribution in [0.1, 0.15) is 24.2 Å². The van der Waals surface area contributed by atoms with Crippen molar-refractivity contribution >= 4 is 46.6 Å². The summed E-state index contributed by atoms with van der Waals surface area (Å²) in [7, 11) is -0.461. The number of hydrogen-bond donors (Lipinski definition) is 2. The van der Waals surface area contributed by atoms with E-state index in [0.717, 1.165) is 57.6 Å². The van der Waals surface area contributed by atoms with Gasteiger partial charge in [0.25, 0.3) is 0 Å². The second-order valence-electron chi connectivity index (χ2n) is 10.9. The number of carbonyl (C=O) groups excluding carboxylic acids is 1. The van der Waals surface area contributed by atoms with Gasteiger partial charge < -0.3 is 24.1 Å². The maximum atomic E-state index is 12.8. The van der Waals surface area contributed by atoms with Gasteiger partial charge in [-0.25, -0.2) is 4.79 Å². The van der Waals surface area contributed by atoms with Gasteiger partial charge in [0, 0.05) is 40.7 Å². The minimum Gasteiger partial charge on any atom is -0.466 e. The lowest BCUT2D eigenvalue weighted by Crippen LogP contribution is -2.38. The van der Waals surface area contributed by atoms with Gasteiger partial charge in [-0.1, -0.05) is 84.9 Å². The zero-order valence-corrected chi connectivity index (χ0v) is 23.7. The molecule has 0 fully saturated rings. The highest BCUT2D eigenvalue weighted by Crippen LogP contribution is 2.39. The molecule has 1 unspecified atom stereocenters. The van der Waals surface area contributed by atoms with Crippen LogP contribution in [-0.4, -0.2) is 36.3 Å². The monoisotopic (exact) mass is 567 g/mol. The Kier molecular flexibility index (Phi) is 6.97. The molecule has 6 nitrogen and oxygen atoms in total. The van der Waals surface area contributed by atoms with Crippen LogP contribution in [0.3, 0.4) is 0 Å². The number of aryl methyl sites for hydroxylation is 1. The molecule has 2 N–H and O–H groups in total. The molecule has 0 saturated carbocycles. The molecule has 212 valence electrons. The Bertz CT molecular complexity index is 1940. The highest BCUT2D eigenvalue weighted by Gasteiger charge is 2.33. The van der Waals surface area contributed by atoms with Crippen LogP contribution in [-0.2, 0) is 16.0 Å². The minimum atomic E-state index is -1.77. The van der Waals surface area contributed by atoms with Crippen molar-refractivity contribution in [2.45, 2.75) is 25.3 Å². The second kappa shape index (κ2) is 11.1. The number of carbonyl (C=O) groups is 1. The Balaban J connectivity index is 1.33. The minimum absolute atomic E-state index is 0.162. The molecule has 7 rings (SSSR count). The van der Waals surface area contributed by atoms with Gasteiger partial charge in [-0.3, -0.25) is 0 Å². The van der Waals surface area contributed by atoms with Gasteiger partial charge in [-0.05, 0) is 58.1 Å². The number of furan rings is 1. The first-order valence-electron chi connectivity index (χ1n) is 14.5. The number of fused-ring (bicyclic) bond motifs is 4. The summed E-state index contributed by atoms with van der Waals surface area (Å²) < 4.78 is 11.2. The van der Waals surface area contributed by atoms with Crippen molar-refractivity contribution in [3.8, 4) is 11.1 Å². The first kappa shape index (κ1) is 27.0. The molecule has 0 spiro atoms. The van der Waals surface area contributed by atoms with E-state index in [1.165, 1.54) is 17.9 Å². The normalized spacial score (nSPS) is 16.3. The van der Waals surface area contributed by atoms with Crippen molar-refractivity contribution in [1.82, 2.24) is 0 Å². The van der Waals surface area contributed by atoms with E-state index in [2.05, 4.69) is 83.8 Å². The number of esters is 1. The predicted octanol–water partition coefficient (Wildman–Crippen LogP) is 6.86. The van der Waals surface area contributed by atoms with Crippen molar-refractivity contribution in [3.63, 3.8) is 0 Å². The first-order valence-corrected chi connectivity index (χ1v) is 14.5. The SMILES string of the molecule is COC(=O)C1=C(B(O)O)C=CC(N(C2=Cc3c(oc4ccccc34)CC2)c2ccc(-c3cccc4ccccc34)cc2)C1. The van der Waals surface area contributed by atoms with E-state index in [1.54, 1.807) is 6.08 Å². The molecule has 7 heteroatoms. The van der Waals surface area contributed by atoms with Crippen molar-refractivity contribution < 1.29 is 24.0 Å². The molecular formula is C36H30BNO5. The molecule has 0 bridgehead atoms. The smallest absolute Gasteiger partial charge is 0.466 e. The largest absolute Gasteiger partial charge is 0.488 e. The van der Waals surface area contributed by atoms with Crippen LogP contribution in [0, 0.1) is 0 Å². The van der Waals surface area contributed by atoms with Crippen molar-refractivity contribution in [2.24, 2.45) is 0 Å². The van der Waals surface area contributed by atoms with Crippen LogP contribution >= 0.6 is 0 Å². The number of rotatable bonds is 6. The fourth-order valence-corrected chi connectivity index (χ4v) is 6.43. The molecule has 1 atom stereocenters. The summed E-state index contributed by atoms with van der Waals surface area (Å²) in [4.78, 5) is 15.0. The van der Waals surface area contributed by atoms with Crippen LogP contribution in [0.15, 0.2) is 124 Å². The van der Waals surface area contributed by atoms with Gasteiger partial charge in [0.1, 0.15) is 11.3 Å². The van der Waals surface area contributed by atoms with E-state index in [0.29, 0.717) is 0 Å². The number of para-hydroxylation sites is 1. The summed E-state index contributed by atoms with van der Waals surface area (Å²) in [5.74, 6) is 0.403. The van der Waals surface area contributed by atoms with E-state index in [9.17, 15) is 14.8 Å². The maximum Gasteiger partial charge on any atom is 0.488 e. The number of allylic oxidation sites excluding steroid dienone is 3. The molecule has 0 radical (unpaired) electrons. The Hall–Kier alpha value is -4.85. The van der Waals surface area contributed by atoms with Gasteiger partial charge in [-0.15, -0.1) is 0 Å². The lowest BCUT2D eigenvalue weighted by Gasteiger charge is -2.37. The van der Waals surface area contributed by atoms with Gasteiger partial charge in [0.15, 0.2) is 0 Å². The molecule has 5 aromatic rings. The van der Waals surface area contributed by atoms with E-state index in [1.807, 2.05) is 24.3 Å². The number of anilines is 1. The summed E-state index contributed by atoms with van der Waals surface area (Å²) in [6.45, 7) is 0. The zero-order chi connectivity index (χ0) is 29.5. The Morgan fingerprint density at radius 1 is 0.907 bits per heavy atom. The van der Waals surface area contributed by atoms with E-state index >= 15 is 0 Å². The molecule has 0 amide bonds. The number of benzene rings is 4. The van der Waals surface area contributed by atoms with Gasteiger partial charge in [-0.2, -0.15) is 0 Å². The average molecular weight is 567 g/mol. The molecule has 2 aliphatic rings. The highest BCUT2D eigenvalue weighted by molar-refractivity contribution is 6.53. The molecule has 4 aromatic carbocycles. The number of hydrogen-bond acceptors (Lipinski definition) is 6. The molecule has 43 heavy (non-hydrogen) atoms. The topological polar surface area (TPSA) is 83.1 Å². The number of methoxy groups -OCH3 is 1. The summed E-state index contributed by atoms with van der Waals surface area (Å²) >= 11 is 0. The van der Waals surface area contributed by atoms with Crippen LogP contribution in [0.2, 0.25) is 0 Å². The third-order valence-corrected chi connectivity index (χ3v) is 8.49. The molecule has 1 aromatic heterocycles. The lowest BCUT2D eigenvalue weighted by molar-refractivity contribution is -0.136. The highest BCUT2D eigenvalue weighted by atomic mass is 16.5. The number of ether oxygens (including phenoxy) is 1. The van der Waals surface area contributed by atoms with Crippen molar-refractivity contribution in [3.05, 3.63) is 131 Å². The molecule has 2 aliphatic carbocycles. The van der Waals surface area contributed by atoms with Crippen LogP contribution < -0.4 is 4.90 Å². The maximum absolute atomic E-state index is 12.8. The van der Waals surface area contributed by atoms with E-state index in [-0.39, 0.29) is 23.5 Å². The summed E-state index contributed by atoms with van der Waals surface area (Å²) in [6.07, 6.45) is 7.51. The third kappa shape index (κ3) is 4.86. The molecule has 1 heterocycles. The average Bonchev–Trinajstić information content (AvgIpc) is 3.42. The quantitative estimate of drug-likeness (QED) is 0.172. The van der Waals surface area contributed by atoms with Crippen LogP contribution in [0.5, 0.6) is 0 Å². The van der Waals surface area contributed by atoms with Gasteiger partial charge >= 0.3 is 13.1 Å². The van der Waals surface area contributed by atoms with Gasteiger partial charge in [0.2, 0.25) is 0 Å². The molecular weight excluding hydrogens is 537 g/mol. The third-order valence-electron chi connectivity index (χ3n) is 8.49. The molecule has 0 saturated heterocycles. The second-order valence-corrected chi connectivity index (χ2v) is 10.9. The lowest BCUT2D eigenvalue weighted by atomic mass is 9.72. The zero-order valence-electron chi connectivity index (χ0n) is 23.7. The fourth-order valence-electron chi connectivity index (χ4n) is 6.43. The van der Waals surface area contributed by atoms with Gasteiger partial charge in [0.05, 0.1) is 13.2 Å². The van der Waals surface area contributed by atoms with E-state index in [4.69, 9.17) is 9.15 Å². The first-order chi connectivity index (χ1) is 21.0. The van der Waals surface area contributed by atoms with Crippen LogP contribution in [0.4, 0.5) is 5.69 Å². The predicted molar refractivity (Wildman–Crippen MR) is 171 cm³/mol.